The molecule has 0 amide bonds. The van der Waals surface area contributed by atoms with Gasteiger partial charge in [0.05, 0.1) is 19.9 Å². The van der Waals surface area contributed by atoms with Crippen molar-refractivity contribution in [3.05, 3.63) is 35.2 Å². The van der Waals surface area contributed by atoms with Gasteiger partial charge >= 0.3 is 0 Å². The van der Waals surface area contributed by atoms with Crippen molar-refractivity contribution in [1.29, 1.82) is 0 Å². The lowest BCUT2D eigenvalue weighted by Gasteiger charge is -2.12. The van der Waals surface area contributed by atoms with Crippen molar-refractivity contribution >= 4 is 23.1 Å². The Morgan fingerprint density at radius 3 is 2.62 bits per heavy atom. The summed E-state index contributed by atoms with van der Waals surface area (Å²) in [5.41, 5.74) is 0.788. The zero-order chi connectivity index (χ0) is 15.2. The fourth-order valence-corrected chi connectivity index (χ4v) is 2.10. The highest BCUT2D eigenvalue weighted by atomic mass is 35.5. The van der Waals surface area contributed by atoms with Gasteiger partial charge in [0.2, 0.25) is 0 Å². The van der Waals surface area contributed by atoms with Gasteiger partial charge in [-0.3, -0.25) is 0 Å². The first kappa shape index (κ1) is 15.4. The van der Waals surface area contributed by atoms with E-state index in [1.165, 1.54) is 0 Å². The van der Waals surface area contributed by atoms with Crippen LogP contribution in [-0.2, 0) is 6.42 Å². The number of nitrogens with zero attached hydrogens (tertiary/aromatic N) is 2. The van der Waals surface area contributed by atoms with Crippen molar-refractivity contribution in [2.75, 3.05) is 19.5 Å². The van der Waals surface area contributed by atoms with Gasteiger partial charge in [-0.05, 0) is 18.6 Å². The van der Waals surface area contributed by atoms with Gasteiger partial charge in [-0.2, -0.15) is 0 Å². The average Bonchev–Trinajstić information content (AvgIpc) is 2.47. The lowest BCUT2D eigenvalue weighted by atomic mass is 10.2. The van der Waals surface area contributed by atoms with Gasteiger partial charge in [0.15, 0.2) is 0 Å². The standard InChI is InChI=1S/C15H18ClN3O2/c1-4-5-14-18-13(16)9-15(19-14)17-11-7-6-10(20-2)8-12(11)21-3/h6-9H,4-5H2,1-3H3,(H,17,18,19). The summed E-state index contributed by atoms with van der Waals surface area (Å²) < 4.78 is 10.5. The van der Waals surface area contributed by atoms with E-state index in [-0.39, 0.29) is 0 Å². The van der Waals surface area contributed by atoms with Crippen LogP contribution in [0.25, 0.3) is 0 Å². The molecule has 0 saturated carbocycles. The SMILES string of the molecule is CCCc1nc(Cl)cc(Nc2ccc(OC)cc2OC)n1. The smallest absolute Gasteiger partial charge is 0.146 e. The van der Waals surface area contributed by atoms with E-state index in [2.05, 4.69) is 22.2 Å². The van der Waals surface area contributed by atoms with E-state index in [4.69, 9.17) is 21.1 Å². The lowest BCUT2D eigenvalue weighted by molar-refractivity contribution is 0.395. The van der Waals surface area contributed by atoms with Gasteiger partial charge in [0.25, 0.3) is 0 Å². The first-order valence-electron chi connectivity index (χ1n) is 6.68. The minimum atomic E-state index is 0.420. The summed E-state index contributed by atoms with van der Waals surface area (Å²) in [6.45, 7) is 2.07. The molecule has 112 valence electrons. The number of halogens is 1. The maximum Gasteiger partial charge on any atom is 0.146 e. The molecule has 0 aliphatic rings. The minimum absolute atomic E-state index is 0.420. The molecule has 0 aliphatic heterocycles. The number of rotatable bonds is 6. The zero-order valence-electron chi connectivity index (χ0n) is 12.3. The molecule has 0 radical (unpaired) electrons. The zero-order valence-corrected chi connectivity index (χ0v) is 13.1. The number of anilines is 2. The van der Waals surface area contributed by atoms with Crippen LogP contribution in [0, 0.1) is 0 Å². The summed E-state index contributed by atoms with van der Waals surface area (Å²) in [5, 5.41) is 3.62. The van der Waals surface area contributed by atoms with Crippen LogP contribution < -0.4 is 14.8 Å². The van der Waals surface area contributed by atoms with Gasteiger partial charge in [-0.15, -0.1) is 0 Å². The van der Waals surface area contributed by atoms with Crippen molar-refractivity contribution in [2.45, 2.75) is 19.8 Å². The van der Waals surface area contributed by atoms with Gasteiger partial charge in [-0.1, -0.05) is 18.5 Å². The summed E-state index contributed by atoms with van der Waals surface area (Å²) in [6, 6.07) is 7.20. The van der Waals surface area contributed by atoms with E-state index in [9.17, 15) is 0 Å². The number of hydrogen-bond acceptors (Lipinski definition) is 5. The van der Waals surface area contributed by atoms with Crippen LogP contribution in [0.4, 0.5) is 11.5 Å². The molecule has 0 saturated heterocycles. The van der Waals surface area contributed by atoms with Crippen molar-refractivity contribution < 1.29 is 9.47 Å². The molecule has 5 nitrogen and oxygen atoms in total. The average molecular weight is 308 g/mol. The molecule has 21 heavy (non-hydrogen) atoms. The van der Waals surface area contributed by atoms with E-state index in [1.54, 1.807) is 26.4 Å². The lowest BCUT2D eigenvalue weighted by Crippen LogP contribution is -2.01. The Labute approximate surface area is 129 Å². The van der Waals surface area contributed by atoms with Crippen LogP contribution in [0.5, 0.6) is 11.5 Å². The monoisotopic (exact) mass is 307 g/mol. The summed E-state index contributed by atoms with van der Waals surface area (Å²) in [4.78, 5) is 8.64. The molecule has 0 atom stereocenters. The van der Waals surface area contributed by atoms with Crippen LogP contribution in [-0.4, -0.2) is 24.2 Å². The second-order valence-corrected chi connectivity index (χ2v) is 4.82. The Hall–Kier alpha value is -2.01. The largest absolute Gasteiger partial charge is 0.497 e. The van der Waals surface area contributed by atoms with Gasteiger partial charge in [-0.25, -0.2) is 9.97 Å². The second-order valence-electron chi connectivity index (χ2n) is 4.43. The predicted molar refractivity (Wildman–Crippen MR) is 83.9 cm³/mol. The first-order chi connectivity index (χ1) is 10.2. The van der Waals surface area contributed by atoms with E-state index in [1.807, 2.05) is 12.1 Å². The van der Waals surface area contributed by atoms with Crippen LogP contribution in [0.2, 0.25) is 5.15 Å². The number of aromatic nitrogens is 2. The van der Waals surface area contributed by atoms with E-state index in [0.717, 1.165) is 30.1 Å². The molecule has 0 spiro atoms. The highest BCUT2D eigenvalue weighted by Crippen LogP contribution is 2.31. The van der Waals surface area contributed by atoms with Crippen molar-refractivity contribution in [3.63, 3.8) is 0 Å². The van der Waals surface area contributed by atoms with Crippen LogP contribution >= 0.6 is 11.6 Å². The highest BCUT2D eigenvalue weighted by Gasteiger charge is 2.08. The molecular weight excluding hydrogens is 290 g/mol. The van der Waals surface area contributed by atoms with E-state index >= 15 is 0 Å². The molecule has 1 aromatic heterocycles. The maximum atomic E-state index is 6.03. The fraction of sp³-hybridized carbons (Fsp3) is 0.333. The predicted octanol–water partition coefficient (Wildman–Crippen LogP) is 3.84. The van der Waals surface area contributed by atoms with Crippen molar-refractivity contribution in [3.8, 4) is 11.5 Å². The number of hydrogen-bond donors (Lipinski definition) is 1. The summed E-state index contributed by atoms with van der Waals surface area (Å²) >= 11 is 6.03. The fourth-order valence-electron chi connectivity index (χ4n) is 1.90. The molecule has 1 N–H and O–H groups in total. The third-order valence-electron chi connectivity index (χ3n) is 2.89. The second kappa shape index (κ2) is 7.13. The number of nitrogens with one attached hydrogen (secondary N) is 1. The topological polar surface area (TPSA) is 56.3 Å². The number of methoxy groups -OCH3 is 2. The molecule has 2 rings (SSSR count). The minimum Gasteiger partial charge on any atom is -0.497 e. The van der Waals surface area contributed by atoms with E-state index in [0.29, 0.717) is 16.7 Å². The van der Waals surface area contributed by atoms with Crippen LogP contribution in [0.1, 0.15) is 19.2 Å². The number of ether oxygens (including phenoxy) is 2. The molecule has 0 fully saturated rings. The summed E-state index contributed by atoms with van der Waals surface area (Å²) in [5.74, 6) is 2.76. The Morgan fingerprint density at radius 2 is 1.95 bits per heavy atom. The molecule has 6 heteroatoms. The van der Waals surface area contributed by atoms with Crippen molar-refractivity contribution in [2.24, 2.45) is 0 Å². The van der Waals surface area contributed by atoms with Crippen LogP contribution in [0.15, 0.2) is 24.3 Å². The highest BCUT2D eigenvalue weighted by molar-refractivity contribution is 6.29. The van der Waals surface area contributed by atoms with Gasteiger partial charge < -0.3 is 14.8 Å². The molecule has 1 heterocycles. The van der Waals surface area contributed by atoms with Crippen molar-refractivity contribution in [1.82, 2.24) is 9.97 Å². The Morgan fingerprint density at radius 1 is 1.14 bits per heavy atom. The molecule has 0 aliphatic carbocycles. The third kappa shape index (κ3) is 3.98. The third-order valence-corrected chi connectivity index (χ3v) is 3.08. The quantitative estimate of drug-likeness (QED) is 0.822. The molecule has 0 bridgehead atoms. The molecule has 0 unspecified atom stereocenters. The Kier molecular flexibility index (Phi) is 5.22. The summed E-state index contributed by atoms with van der Waals surface area (Å²) in [6.07, 6.45) is 1.75. The number of aryl methyl sites for hydroxylation is 1. The van der Waals surface area contributed by atoms with Gasteiger partial charge in [0.1, 0.15) is 28.3 Å². The molecular formula is C15H18ClN3O2. The Balaban J connectivity index is 2.29. The maximum absolute atomic E-state index is 6.03. The first-order valence-corrected chi connectivity index (χ1v) is 7.06. The summed E-state index contributed by atoms with van der Waals surface area (Å²) in [7, 11) is 3.22. The Bertz CT molecular complexity index is 620. The molecule has 1 aromatic carbocycles. The van der Waals surface area contributed by atoms with Gasteiger partial charge in [0, 0.05) is 18.6 Å². The normalized spacial score (nSPS) is 10.3. The number of benzene rings is 1. The van der Waals surface area contributed by atoms with E-state index < -0.39 is 0 Å². The van der Waals surface area contributed by atoms with Crippen LogP contribution in [0.3, 0.4) is 0 Å². The molecule has 2 aromatic rings.